The fourth-order valence-electron chi connectivity index (χ4n) is 4.12. The van der Waals surface area contributed by atoms with Gasteiger partial charge < -0.3 is 15.0 Å². The van der Waals surface area contributed by atoms with E-state index in [1.54, 1.807) is 11.1 Å². The number of aliphatic imine (C=N–C) groups is 1. The van der Waals surface area contributed by atoms with Crippen LogP contribution in [0.1, 0.15) is 38.7 Å². The van der Waals surface area contributed by atoms with Crippen LogP contribution in [0.5, 0.6) is 0 Å². The van der Waals surface area contributed by atoms with E-state index < -0.39 is 5.54 Å². The molecule has 28 heavy (non-hydrogen) atoms. The van der Waals surface area contributed by atoms with Crippen LogP contribution >= 0.6 is 11.6 Å². The lowest BCUT2D eigenvalue weighted by atomic mass is 9.85. The Kier molecular flexibility index (Phi) is 4.89. The van der Waals surface area contributed by atoms with Crippen LogP contribution in [0.15, 0.2) is 40.2 Å². The number of halogens is 1. The Morgan fingerprint density at radius 3 is 2.89 bits per heavy atom. The lowest BCUT2D eigenvalue weighted by Crippen LogP contribution is -2.56. The minimum atomic E-state index is -0.835. The van der Waals surface area contributed by atoms with Crippen LogP contribution in [0.3, 0.4) is 0 Å². The monoisotopic (exact) mass is 402 g/mol. The molecule has 0 aliphatic carbocycles. The van der Waals surface area contributed by atoms with Gasteiger partial charge in [0.25, 0.3) is 0 Å². The van der Waals surface area contributed by atoms with E-state index >= 15 is 0 Å². The summed E-state index contributed by atoms with van der Waals surface area (Å²) >= 11 is 6.70. The molecule has 0 radical (unpaired) electrons. The molecule has 8 heteroatoms. The number of guanidine groups is 1. The third-order valence-corrected chi connectivity index (χ3v) is 5.92. The Bertz CT molecular complexity index is 914. The Morgan fingerprint density at radius 1 is 1.39 bits per heavy atom. The average molecular weight is 403 g/mol. The second-order valence-corrected chi connectivity index (χ2v) is 8.00. The molecule has 0 spiro atoms. The summed E-state index contributed by atoms with van der Waals surface area (Å²) in [5.41, 5.74) is 7.76. The predicted octanol–water partition coefficient (Wildman–Crippen LogP) is 3.32. The van der Waals surface area contributed by atoms with Crippen molar-refractivity contribution in [2.75, 3.05) is 6.61 Å². The first kappa shape index (κ1) is 19.0. The number of nitrogens with two attached hydrogens (primary N) is 1. The molecular weight excluding hydrogens is 380 g/mol. The molecule has 2 N–H and O–H groups in total. The summed E-state index contributed by atoms with van der Waals surface area (Å²) in [6.45, 7) is 4.51. The molecule has 1 aromatic carbocycles. The number of amides is 1. The first-order valence-corrected chi connectivity index (χ1v) is 9.74. The lowest BCUT2D eigenvalue weighted by molar-refractivity contribution is -0.133. The molecule has 1 fully saturated rings. The standard InChI is InChI=1S/C20H23ClN4O3/c1-12-8-14(6-7-27-12)25-17(26)9-20(2,24-19(25)22)16-5-3-4-15(18(16)21)13-10-23-28-11-13/h3-5,10-12,14H,6-9H2,1-2H3,(H2,22,24)/t12-,14-,20-/m0/s1. The van der Waals surface area contributed by atoms with Gasteiger partial charge in [0.1, 0.15) is 6.26 Å². The molecule has 4 rings (SSSR count). The zero-order valence-electron chi connectivity index (χ0n) is 15.9. The Labute approximate surface area is 168 Å². The summed E-state index contributed by atoms with van der Waals surface area (Å²) in [7, 11) is 0. The first-order chi connectivity index (χ1) is 13.4. The molecule has 1 saturated heterocycles. The SMILES string of the molecule is C[C@H]1C[C@@H](N2C(=O)C[C@@](C)(c3cccc(-c4cnoc4)c3Cl)N=C2N)CCO1. The second kappa shape index (κ2) is 7.22. The van der Waals surface area contributed by atoms with Crippen molar-refractivity contribution < 1.29 is 14.1 Å². The van der Waals surface area contributed by atoms with Gasteiger partial charge in [0.15, 0.2) is 5.96 Å². The minimum Gasteiger partial charge on any atom is -0.378 e. The number of carbonyl (C=O) groups excluding carboxylic acids is 1. The fourth-order valence-corrected chi connectivity index (χ4v) is 4.56. The number of rotatable bonds is 3. The number of hydrogen-bond donors (Lipinski definition) is 1. The summed E-state index contributed by atoms with van der Waals surface area (Å²) < 4.78 is 10.5. The number of hydrogen-bond acceptors (Lipinski definition) is 6. The minimum absolute atomic E-state index is 0.0170. The van der Waals surface area contributed by atoms with Crippen LogP contribution in [0.4, 0.5) is 0 Å². The maximum Gasteiger partial charge on any atom is 0.232 e. The van der Waals surface area contributed by atoms with Gasteiger partial charge in [-0.2, -0.15) is 0 Å². The highest BCUT2D eigenvalue weighted by Crippen LogP contribution is 2.41. The van der Waals surface area contributed by atoms with Gasteiger partial charge in [-0.05, 0) is 32.3 Å². The lowest BCUT2D eigenvalue weighted by Gasteiger charge is -2.41. The van der Waals surface area contributed by atoms with E-state index in [-0.39, 0.29) is 30.4 Å². The Balaban J connectivity index is 1.70. The maximum absolute atomic E-state index is 13.1. The van der Waals surface area contributed by atoms with Crippen molar-refractivity contribution in [3.8, 4) is 11.1 Å². The molecule has 2 aliphatic heterocycles. The highest BCUT2D eigenvalue weighted by molar-refractivity contribution is 6.34. The molecule has 1 amide bonds. The average Bonchev–Trinajstić information content (AvgIpc) is 3.15. The van der Waals surface area contributed by atoms with Crippen LogP contribution in [0.25, 0.3) is 11.1 Å². The summed E-state index contributed by atoms with van der Waals surface area (Å²) in [5.74, 6) is 0.199. The highest BCUT2D eigenvalue weighted by atomic mass is 35.5. The Morgan fingerprint density at radius 2 is 2.21 bits per heavy atom. The number of carbonyl (C=O) groups is 1. The summed E-state index contributed by atoms with van der Waals surface area (Å²) in [4.78, 5) is 19.5. The van der Waals surface area contributed by atoms with E-state index in [4.69, 9.17) is 31.6 Å². The quantitative estimate of drug-likeness (QED) is 0.849. The van der Waals surface area contributed by atoms with Crippen LogP contribution < -0.4 is 5.73 Å². The van der Waals surface area contributed by atoms with Gasteiger partial charge in [0.05, 0.1) is 29.3 Å². The molecule has 7 nitrogen and oxygen atoms in total. The molecule has 1 aromatic heterocycles. The van der Waals surface area contributed by atoms with E-state index in [1.807, 2.05) is 32.0 Å². The van der Waals surface area contributed by atoms with Crippen molar-refractivity contribution >= 4 is 23.5 Å². The molecule has 3 atom stereocenters. The number of benzene rings is 1. The van der Waals surface area contributed by atoms with E-state index in [0.29, 0.717) is 11.6 Å². The molecule has 0 bridgehead atoms. The smallest absolute Gasteiger partial charge is 0.232 e. The van der Waals surface area contributed by atoms with Crippen molar-refractivity contribution in [2.24, 2.45) is 10.7 Å². The third kappa shape index (κ3) is 3.29. The van der Waals surface area contributed by atoms with Gasteiger partial charge in [0.2, 0.25) is 5.91 Å². The van der Waals surface area contributed by atoms with Crippen molar-refractivity contribution in [2.45, 2.75) is 50.8 Å². The van der Waals surface area contributed by atoms with Crippen LogP contribution in [-0.4, -0.2) is 40.7 Å². The van der Waals surface area contributed by atoms with E-state index in [2.05, 4.69) is 5.16 Å². The van der Waals surface area contributed by atoms with E-state index in [0.717, 1.165) is 29.5 Å². The van der Waals surface area contributed by atoms with E-state index in [1.165, 1.54) is 6.26 Å². The molecule has 0 unspecified atom stereocenters. The second-order valence-electron chi connectivity index (χ2n) is 7.62. The molecule has 3 heterocycles. The third-order valence-electron chi connectivity index (χ3n) is 5.52. The Hall–Kier alpha value is -2.38. The first-order valence-electron chi connectivity index (χ1n) is 9.37. The van der Waals surface area contributed by atoms with Gasteiger partial charge in [0, 0.05) is 23.8 Å². The van der Waals surface area contributed by atoms with Crippen LogP contribution in [0, 0.1) is 0 Å². The molecular formula is C20H23ClN4O3. The molecule has 2 aliphatic rings. The van der Waals surface area contributed by atoms with Gasteiger partial charge in [-0.3, -0.25) is 9.69 Å². The highest BCUT2D eigenvalue weighted by Gasteiger charge is 2.42. The number of nitrogens with zero attached hydrogens (tertiary/aromatic N) is 3. The number of ether oxygens (including phenoxy) is 1. The molecule has 0 saturated carbocycles. The summed E-state index contributed by atoms with van der Waals surface area (Å²) in [6, 6.07) is 5.67. The molecule has 148 valence electrons. The maximum atomic E-state index is 13.1. The number of aromatic nitrogens is 1. The van der Waals surface area contributed by atoms with Gasteiger partial charge >= 0.3 is 0 Å². The zero-order chi connectivity index (χ0) is 19.9. The van der Waals surface area contributed by atoms with E-state index in [9.17, 15) is 4.79 Å². The van der Waals surface area contributed by atoms with Gasteiger partial charge in [-0.15, -0.1) is 0 Å². The summed E-state index contributed by atoms with van der Waals surface area (Å²) in [6.07, 6.45) is 4.94. The normalized spacial score (nSPS) is 28.3. The van der Waals surface area contributed by atoms with Crippen LogP contribution in [-0.2, 0) is 15.1 Å². The summed E-state index contributed by atoms with van der Waals surface area (Å²) in [5, 5.41) is 4.26. The van der Waals surface area contributed by atoms with Gasteiger partial charge in [-0.1, -0.05) is 35.0 Å². The molecule has 2 aromatic rings. The van der Waals surface area contributed by atoms with Crippen molar-refractivity contribution in [3.63, 3.8) is 0 Å². The zero-order valence-corrected chi connectivity index (χ0v) is 16.6. The topological polar surface area (TPSA) is 94.0 Å². The fraction of sp³-hybridized carbons (Fsp3) is 0.450. The van der Waals surface area contributed by atoms with Crippen LogP contribution in [0.2, 0.25) is 5.02 Å². The van der Waals surface area contributed by atoms with Crippen molar-refractivity contribution in [1.29, 1.82) is 0 Å². The largest absolute Gasteiger partial charge is 0.378 e. The van der Waals surface area contributed by atoms with Crippen molar-refractivity contribution in [3.05, 3.63) is 41.2 Å². The predicted molar refractivity (Wildman–Crippen MR) is 106 cm³/mol. The van der Waals surface area contributed by atoms with Gasteiger partial charge in [-0.25, -0.2) is 4.99 Å². The van der Waals surface area contributed by atoms with Crippen molar-refractivity contribution in [1.82, 2.24) is 10.1 Å².